The highest BCUT2D eigenvalue weighted by molar-refractivity contribution is 5.52. The maximum Gasteiger partial charge on any atom is 0.242 e. The van der Waals surface area contributed by atoms with Crippen molar-refractivity contribution >= 4 is 5.69 Å². The zero-order valence-corrected chi connectivity index (χ0v) is 14.2. The van der Waals surface area contributed by atoms with Crippen molar-refractivity contribution in [1.29, 1.82) is 0 Å². The lowest BCUT2D eigenvalue weighted by molar-refractivity contribution is 0.149. The van der Waals surface area contributed by atoms with Crippen molar-refractivity contribution in [3.05, 3.63) is 28.8 Å². The van der Waals surface area contributed by atoms with Crippen LogP contribution < -0.4 is 10.6 Å². The highest BCUT2D eigenvalue weighted by atomic mass is 19.3. The number of rotatable bonds is 5. The van der Waals surface area contributed by atoms with E-state index in [2.05, 4.69) is 21.6 Å². The molecule has 1 aromatic carbocycles. The molecule has 5 heteroatoms. The number of nitrogens with one attached hydrogen (secondary N) is 2. The summed E-state index contributed by atoms with van der Waals surface area (Å²) in [5.74, 6) is 0. The van der Waals surface area contributed by atoms with E-state index < -0.39 is 6.43 Å². The number of benzene rings is 1. The summed E-state index contributed by atoms with van der Waals surface area (Å²) in [6.07, 6.45) is -2.47. The van der Waals surface area contributed by atoms with E-state index in [1.54, 1.807) is 0 Å². The molecule has 0 saturated carbocycles. The molecule has 22 heavy (non-hydrogen) atoms. The fourth-order valence-electron chi connectivity index (χ4n) is 2.64. The predicted molar refractivity (Wildman–Crippen MR) is 89.9 cm³/mol. The summed E-state index contributed by atoms with van der Waals surface area (Å²) in [4.78, 5) is 2.37. The van der Waals surface area contributed by atoms with Crippen LogP contribution in [0, 0.1) is 6.92 Å². The van der Waals surface area contributed by atoms with Gasteiger partial charge in [-0.3, -0.25) is 4.90 Å². The Morgan fingerprint density at radius 1 is 1.18 bits per heavy atom. The van der Waals surface area contributed by atoms with E-state index in [0.29, 0.717) is 0 Å². The third-order valence-corrected chi connectivity index (χ3v) is 3.89. The summed E-state index contributed by atoms with van der Waals surface area (Å²) in [6, 6.07) is 3.91. The lowest BCUT2D eigenvalue weighted by Crippen LogP contribution is -2.43. The molecule has 0 atom stereocenters. The number of hydrogen-bond donors (Lipinski definition) is 2. The number of piperazine rings is 1. The number of halogens is 2. The van der Waals surface area contributed by atoms with Gasteiger partial charge in [-0.25, -0.2) is 8.78 Å². The molecule has 0 aliphatic carbocycles. The van der Waals surface area contributed by atoms with Gasteiger partial charge in [0.1, 0.15) is 0 Å². The molecule has 0 unspecified atom stereocenters. The van der Waals surface area contributed by atoms with Crippen molar-refractivity contribution in [2.75, 3.05) is 38.5 Å². The number of nitrogens with zero attached hydrogens (tertiary/aromatic N) is 1. The average Bonchev–Trinajstić information content (AvgIpc) is 2.53. The summed E-state index contributed by atoms with van der Waals surface area (Å²) < 4.78 is 25.4. The van der Waals surface area contributed by atoms with Crippen molar-refractivity contribution in [3.8, 4) is 0 Å². The summed E-state index contributed by atoms with van der Waals surface area (Å²) in [7, 11) is 1.82. The fourth-order valence-corrected chi connectivity index (χ4v) is 2.64. The maximum atomic E-state index is 12.7. The molecule has 0 radical (unpaired) electrons. The fraction of sp³-hybridized carbons (Fsp3) is 0.647. The van der Waals surface area contributed by atoms with E-state index in [9.17, 15) is 8.78 Å². The summed E-state index contributed by atoms with van der Waals surface area (Å²) in [5.41, 5.74) is 3.81. The molecule has 126 valence electrons. The molecule has 1 aliphatic rings. The Hall–Kier alpha value is -1.20. The maximum absolute atomic E-state index is 12.7. The number of alkyl halides is 2. The molecule has 3 nitrogen and oxygen atoms in total. The van der Waals surface area contributed by atoms with E-state index in [1.165, 1.54) is 0 Å². The standard InChI is InChI=1S/C15H23F2N3.C2H6/c1-11-12(9-15(16)17)7-14(18-2)8-13(11)10-20-5-3-19-4-6-20;1-2/h7-8,15,18-19H,3-6,9-10H2,1-2H3;1-2H3. The smallest absolute Gasteiger partial charge is 0.242 e. The Bertz CT molecular complexity index is 444. The second-order valence-corrected chi connectivity index (χ2v) is 5.29. The molecule has 0 aromatic heterocycles. The first-order valence-corrected chi connectivity index (χ1v) is 8.11. The highest BCUT2D eigenvalue weighted by Crippen LogP contribution is 2.24. The van der Waals surface area contributed by atoms with Gasteiger partial charge < -0.3 is 10.6 Å². The molecular weight excluding hydrogens is 284 g/mol. The monoisotopic (exact) mass is 313 g/mol. The Balaban J connectivity index is 0.00000116. The van der Waals surface area contributed by atoms with Gasteiger partial charge in [-0.15, -0.1) is 0 Å². The Kier molecular flexibility index (Phi) is 8.35. The minimum Gasteiger partial charge on any atom is -0.388 e. The first-order valence-electron chi connectivity index (χ1n) is 8.11. The van der Waals surface area contributed by atoms with Gasteiger partial charge in [-0.2, -0.15) is 0 Å². The van der Waals surface area contributed by atoms with Crippen LogP contribution in [0.25, 0.3) is 0 Å². The lowest BCUT2D eigenvalue weighted by Gasteiger charge is -2.28. The first-order chi connectivity index (χ1) is 10.6. The highest BCUT2D eigenvalue weighted by Gasteiger charge is 2.15. The molecule has 1 saturated heterocycles. The van der Waals surface area contributed by atoms with Crippen molar-refractivity contribution in [1.82, 2.24) is 10.2 Å². The Morgan fingerprint density at radius 3 is 2.32 bits per heavy atom. The Morgan fingerprint density at radius 2 is 1.77 bits per heavy atom. The molecule has 0 bridgehead atoms. The van der Waals surface area contributed by atoms with Gasteiger partial charge in [-0.1, -0.05) is 13.8 Å². The van der Waals surface area contributed by atoms with Gasteiger partial charge in [0.15, 0.2) is 0 Å². The van der Waals surface area contributed by atoms with E-state index in [4.69, 9.17) is 0 Å². The minimum atomic E-state index is -2.30. The van der Waals surface area contributed by atoms with Gasteiger partial charge in [0.05, 0.1) is 0 Å². The van der Waals surface area contributed by atoms with Crippen molar-refractivity contribution in [3.63, 3.8) is 0 Å². The van der Waals surface area contributed by atoms with Crippen molar-refractivity contribution in [2.24, 2.45) is 0 Å². The first kappa shape index (κ1) is 18.8. The van der Waals surface area contributed by atoms with Crippen LogP contribution in [-0.4, -0.2) is 44.6 Å². The third kappa shape index (κ3) is 5.54. The SMILES string of the molecule is CC.CNc1cc(CC(F)F)c(C)c(CN2CCNCC2)c1. The normalized spacial score (nSPS) is 15.4. The number of anilines is 1. The largest absolute Gasteiger partial charge is 0.388 e. The molecule has 1 aromatic rings. The van der Waals surface area contributed by atoms with E-state index in [-0.39, 0.29) is 6.42 Å². The summed E-state index contributed by atoms with van der Waals surface area (Å²) in [5, 5.41) is 6.39. The molecule has 1 aliphatic heterocycles. The van der Waals surface area contributed by atoms with Crippen LogP contribution in [0.1, 0.15) is 30.5 Å². The van der Waals surface area contributed by atoms with Crippen LogP contribution in [0.15, 0.2) is 12.1 Å². The van der Waals surface area contributed by atoms with E-state index in [1.807, 2.05) is 33.9 Å². The van der Waals surface area contributed by atoms with Crippen molar-refractivity contribution < 1.29 is 8.78 Å². The topological polar surface area (TPSA) is 27.3 Å². The summed E-state index contributed by atoms with van der Waals surface area (Å²) in [6.45, 7) is 10.8. The lowest BCUT2D eigenvalue weighted by atomic mass is 9.98. The van der Waals surface area contributed by atoms with Crippen LogP contribution in [0.2, 0.25) is 0 Å². The zero-order valence-electron chi connectivity index (χ0n) is 14.2. The minimum absolute atomic E-state index is 0.171. The van der Waals surface area contributed by atoms with Gasteiger partial charge >= 0.3 is 0 Å². The van der Waals surface area contributed by atoms with E-state index >= 15 is 0 Å². The van der Waals surface area contributed by atoms with Gasteiger partial charge in [0.25, 0.3) is 0 Å². The average molecular weight is 313 g/mol. The van der Waals surface area contributed by atoms with Crippen LogP contribution in [0.3, 0.4) is 0 Å². The van der Waals surface area contributed by atoms with Crippen LogP contribution in [0.5, 0.6) is 0 Å². The van der Waals surface area contributed by atoms with E-state index in [0.717, 1.165) is 55.1 Å². The quantitative estimate of drug-likeness (QED) is 0.873. The molecule has 1 fully saturated rings. The second-order valence-electron chi connectivity index (χ2n) is 5.29. The molecule has 0 spiro atoms. The number of hydrogen-bond acceptors (Lipinski definition) is 3. The summed E-state index contributed by atoms with van der Waals surface area (Å²) >= 11 is 0. The second kappa shape index (κ2) is 9.74. The van der Waals surface area contributed by atoms with Crippen LogP contribution in [-0.2, 0) is 13.0 Å². The van der Waals surface area contributed by atoms with Gasteiger partial charge in [-0.05, 0) is 35.7 Å². The molecular formula is C17H29F2N3. The third-order valence-electron chi connectivity index (χ3n) is 3.89. The molecule has 2 rings (SSSR count). The zero-order chi connectivity index (χ0) is 16.5. The van der Waals surface area contributed by atoms with Crippen LogP contribution in [0.4, 0.5) is 14.5 Å². The van der Waals surface area contributed by atoms with Gasteiger partial charge in [0.2, 0.25) is 6.43 Å². The van der Waals surface area contributed by atoms with Crippen LogP contribution >= 0.6 is 0 Å². The molecule has 1 heterocycles. The van der Waals surface area contributed by atoms with Gasteiger partial charge in [0, 0.05) is 51.9 Å². The molecule has 0 amide bonds. The Labute approximate surface area is 133 Å². The van der Waals surface area contributed by atoms with Crippen molar-refractivity contribution in [2.45, 2.75) is 40.2 Å². The molecule has 2 N–H and O–H groups in total. The predicted octanol–water partition coefficient (Wildman–Crippen LogP) is 3.28.